The molecule has 0 atom stereocenters. The van der Waals surface area contributed by atoms with Crippen molar-refractivity contribution in [1.29, 1.82) is 0 Å². The van der Waals surface area contributed by atoms with E-state index in [1.807, 2.05) is 24.4 Å². The van der Waals surface area contributed by atoms with Gasteiger partial charge in [-0.05, 0) is 42.3 Å². The number of halogens is 1. The first-order valence-electron chi connectivity index (χ1n) is 7.85. The Hall–Kier alpha value is -2.24. The van der Waals surface area contributed by atoms with Crippen molar-refractivity contribution in [2.24, 2.45) is 0 Å². The molecule has 0 bridgehead atoms. The van der Waals surface area contributed by atoms with Crippen molar-refractivity contribution in [2.45, 2.75) is 18.2 Å². The Bertz CT molecular complexity index is 999. The Kier molecular flexibility index (Phi) is 4.88. The zero-order valence-corrected chi connectivity index (χ0v) is 15.5. The number of hydrogen-bond donors (Lipinski definition) is 0. The van der Waals surface area contributed by atoms with Crippen LogP contribution in [0.1, 0.15) is 12.6 Å². The van der Waals surface area contributed by atoms with Gasteiger partial charge in [0.25, 0.3) is 0 Å². The number of nitrogens with one attached hydrogen (secondary N) is 1. The average molecular weight is 374 g/mol. The Morgan fingerprint density at radius 2 is 1.76 bits per heavy atom. The predicted molar refractivity (Wildman–Crippen MR) is 99.2 cm³/mol. The number of rotatable bonds is 4. The van der Waals surface area contributed by atoms with Gasteiger partial charge in [0, 0.05) is 18.1 Å². The molecule has 25 heavy (non-hydrogen) atoms. The number of H-pyrrole nitrogens is 1. The second-order valence-electron chi connectivity index (χ2n) is 5.79. The Labute approximate surface area is 152 Å². The van der Waals surface area contributed by atoms with E-state index in [1.54, 1.807) is 30.5 Å². The fourth-order valence-electron chi connectivity index (χ4n) is 2.60. The molecule has 0 saturated carbocycles. The molecule has 1 aromatic carbocycles. The molecule has 1 N–H and O–H groups in total. The van der Waals surface area contributed by atoms with E-state index in [1.165, 1.54) is 6.26 Å². The van der Waals surface area contributed by atoms with Crippen LogP contribution >= 0.6 is 11.6 Å². The zero-order valence-electron chi connectivity index (χ0n) is 14.0. The van der Waals surface area contributed by atoms with Crippen LogP contribution in [-0.4, -0.2) is 19.7 Å². The number of pyridine rings is 2. The number of aryl methyl sites for hydroxylation is 1. The van der Waals surface area contributed by atoms with E-state index in [4.69, 9.17) is 11.6 Å². The van der Waals surface area contributed by atoms with Gasteiger partial charge in [0.2, 0.25) is 5.69 Å². The molecule has 2 aromatic heterocycles. The molecule has 0 fully saturated rings. The summed E-state index contributed by atoms with van der Waals surface area (Å²) in [5.74, 6) is 0. The van der Waals surface area contributed by atoms with Crippen molar-refractivity contribution in [1.82, 2.24) is 4.98 Å². The maximum absolute atomic E-state index is 11.6. The maximum atomic E-state index is 11.6. The lowest BCUT2D eigenvalue weighted by atomic mass is 10.0. The molecule has 0 unspecified atom stereocenters. The molecule has 0 aliphatic heterocycles. The fraction of sp³-hybridized carbons (Fsp3) is 0.158. The molecule has 4 nitrogen and oxygen atoms in total. The molecular weight excluding hydrogens is 356 g/mol. The summed E-state index contributed by atoms with van der Waals surface area (Å²) >= 11 is 6.16. The topological polar surface area (TPSA) is 61.2 Å². The lowest BCUT2D eigenvalue weighted by Gasteiger charge is -2.07. The van der Waals surface area contributed by atoms with Gasteiger partial charge >= 0.3 is 0 Å². The highest BCUT2D eigenvalue weighted by atomic mass is 35.5. The molecule has 0 amide bonds. The first-order chi connectivity index (χ1) is 11.9. The molecule has 0 saturated heterocycles. The van der Waals surface area contributed by atoms with Gasteiger partial charge in [0.1, 0.15) is 5.02 Å². The minimum Gasteiger partial charge on any atom is -0.260 e. The first kappa shape index (κ1) is 17.6. The SMILES string of the molecule is CCc1ccc(-c2[nH+]cc(Cl)cc2-c2ccc(S(C)(=O)=O)cc2)cn1. The maximum Gasteiger partial charge on any atom is 0.220 e. The average Bonchev–Trinajstić information content (AvgIpc) is 2.61. The Morgan fingerprint density at radius 1 is 1.08 bits per heavy atom. The monoisotopic (exact) mass is 373 g/mol. The number of hydrogen-bond acceptors (Lipinski definition) is 3. The van der Waals surface area contributed by atoms with Crippen molar-refractivity contribution in [3.63, 3.8) is 0 Å². The van der Waals surface area contributed by atoms with Crippen molar-refractivity contribution < 1.29 is 13.4 Å². The summed E-state index contributed by atoms with van der Waals surface area (Å²) in [6, 6.07) is 12.6. The largest absolute Gasteiger partial charge is 0.260 e. The lowest BCUT2D eigenvalue weighted by molar-refractivity contribution is -0.363. The van der Waals surface area contributed by atoms with Gasteiger partial charge < -0.3 is 0 Å². The summed E-state index contributed by atoms with van der Waals surface area (Å²) in [5.41, 5.74) is 4.61. The van der Waals surface area contributed by atoms with Crippen LogP contribution in [0.5, 0.6) is 0 Å². The highest BCUT2D eigenvalue weighted by molar-refractivity contribution is 7.90. The summed E-state index contributed by atoms with van der Waals surface area (Å²) in [6.45, 7) is 2.06. The van der Waals surface area contributed by atoms with E-state index in [0.717, 1.165) is 34.5 Å². The second kappa shape index (κ2) is 6.94. The summed E-state index contributed by atoms with van der Waals surface area (Å²) in [5, 5.41) is 0.573. The molecule has 2 heterocycles. The third-order valence-electron chi connectivity index (χ3n) is 3.98. The van der Waals surface area contributed by atoms with Crippen molar-refractivity contribution in [2.75, 3.05) is 6.26 Å². The van der Waals surface area contributed by atoms with Crippen LogP contribution in [0.25, 0.3) is 22.4 Å². The summed E-state index contributed by atoms with van der Waals surface area (Å²) in [7, 11) is -3.22. The van der Waals surface area contributed by atoms with Gasteiger partial charge in [-0.3, -0.25) is 4.98 Å². The van der Waals surface area contributed by atoms with Crippen LogP contribution in [-0.2, 0) is 16.3 Å². The van der Waals surface area contributed by atoms with Gasteiger partial charge in [-0.1, -0.05) is 30.7 Å². The minimum absolute atomic E-state index is 0.290. The standard InChI is InChI=1S/C19H17ClN2O2S/c1-3-16-7-4-14(11-21-16)19-18(10-15(20)12-22-19)13-5-8-17(9-6-13)25(2,23)24/h4-12H,3H2,1-2H3/p+1. The molecule has 3 rings (SSSR count). The number of sulfone groups is 1. The van der Waals surface area contributed by atoms with E-state index in [9.17, 15) is 8.42 Å². The van der Waals surface area contributed by atoms with Crippen LogP contribution in [0.2, 0.25) is 5.02 Å². The zero-order chi connectivity index (χ0) is 18.0. The van der Waals surface area contributed by atoms with Gasteiger partial charge in [0.15, 0.2) is 16.0 Å². The number of benzene rings is 1. The quantitative estimate of drug-likeness (QED) is 0.697. The molecule has 3 aromatic rings. The van der Waals surface area contributed by atoms with E-state index < -0.39 is 9.84 Å². The van der Waals surface area contributed by atoms with Crippen molar-refractivity contribution in [3.8, 4) is 22.4 Å². The molecule has 0 spiro atoms. The van der Waals surface area contributed by atoms with Crippen LogP contribution in [0.4, 0.5) is 0 Å². The van der Waals surface area contributed by atoms with Crippen LogP contribution < -0.4 is 4.98 Å². The number of aromatic nitrogens is 2. The van der Waals surface area contributed by atoms with Crippen molar-refractivity contribution in [3.05, 3.63) is 65.6 Å². The molecule has 0 radical (unpaired) electrons. The van der Waals surface area contributed by atoms with Crippen LogP contribution in [0, 0.1) is 0 Å². The van der Waals surface area contributed by atoms with Crippen LogP contribution in [0.3, 0.4) is 0 Å². The molecule has 0 aliphatic rings. The van der Waals surface area contributed by atoms with E-state index >= 15 is 0 Å². The molecule has 128 valence electrons. The fourth-order valence-corrected chi connectivity index (χ4v) is 3.39. The van der Waals surface area contributed by atoms with Gasteiger partial charge in [-0.25, -0.2) is 13.4 Å². The number of nitrogens with zero attached hydrogens (tertiary/aromatic N) is 1. The highest BCUT2D eigenvalue weighted by Gasteiger charge is 2.17. The van der Waals surface area contributed by atoms with Crippen molar-refractivity contribution >= 4 is 21.4 Å². The lowest BCUT2D eigenvalue weighted by Crippen LogP contribution is -2.08. The first-order valence-corrected chi connectivity index (χ1v) is 10.1. The van der Waals surface area contributed by atoms with E-state index in [2.05, 4.69) is 16.9 Å². The van der Waals surface area contributed by atoms with Crippen LogP contribution in [0.15, 0.2) is 59.8 Å². The summed E-state index contributed by atoms with van der Waals surface area (Å²) < 4.78 is 23.3. The second-order valence-corrected chi connectivity index (χ2v) is 8.25. The Morgan fingerprint density at radius 3 is 2.32 bits per heavy atom. The normalized spacial score (nSPS) is 11.5. The molecule has 6 heteroatoms. The third-order valence-corrected chi connectivity index (χ3v) is 5.32. The molecular formula is C19H18ClN2O2S+. The highest BCUT2D eigenvalue weighted by Crippen LogP contribution is 2.31. The Balaban J connectivity index is 2.10. The van der Waals surface area contributed by atoms with Gasteiger partial charge in [-0.2, -0.15) is 0 Å². The number of aromatic amines is 1. The van der Waals surface area contributed by atoms with E-state index in [0.29, 0.717) is 5.02 Å². The van der Waals surface area contributed by atoms with Gasteiger partial charge in [0.05, 0.1) is 16.0 Å². The predicted octanol–water partition coefficient (Wildman–Crippen LogP) is 3.85. The minimum atomic E-state index is -3.22. The molecule has 0 aliphatic carbocycles. The van der Waals surface area contributed by atoms with Gasteiger partial charge in [-0.15, -0.1) is 0 Å². The smallest absolute Gasteiger partial charge is 0.220 e. The summed E-state index contributed by atoms with van der Waals surface area (Å²) in [6.07, 6.45) is 5.62. The van der Waals surface area contributed by atoms with E-state index in [-0.39, 0.29) is 4.90 Å². The summed E-state index contributed by atoms with van der Waals surface area (Å²) in [4.78, 5) is 7.95. The third kappa shape index (κ3) is 3.89.